The number of thiophene rings is 1. The lowest BCUT2D eigenvalue weighted by atomic mass is 10.2. The SMILES string of the molecule is CCCNc1ncc(Cl)c(NC(CC)c2cccs2)n1. The first kappa shape index (κ1) is 15.1. The summed E-state index contributed by atoms with van der Waals surface area (Å²) in [6.45, 7) is 5.10. The number of hydrogen-bond acceptors (Lipinski definition) is 5. The average molecular weight is 311 g/mol. The van der Waals surface area contributed by atoms with Crippen molar-refractivity contribution in [3.63, 3.8) is 0 Å². The minimum atomic E-state index is 0.224. The fourth-order valence-corrected chi connectivity index (χ4v) is 2.83. The van der Waals surface area contributed by atoms with Crippen molar-refractivity contribution in [3.05, 3.63) is 33.6 Å². The first-order valence-corrected chi connectivity index (χ1v) is 8.06. The summed E-state index contributed by atoms with van der Waals surface area (Å²) in [6, 6.07) is 4.40. The van der Waals surface area contributed by atoms with Crippen LogP contribution >= 0.6 is 22.9 Å². The molecule has 0 radical (unpaired) electrons. The minimum absolute atomic E-state index is 0.224. The van der Waals surface area contributed by atoms with Crippen molar-refractivity contribution >= 4 is 34.7 Å². The van der Waals surface area contributed by atoms with E-state index in [0.717, 1.165) is 19.4 Å². The van der Waals surface area contributed by atoms with E-state index in [0.29, 0.717) is 16.8 Å². The van der Waals surface area contributed by atoms with Crippen LogP contribution in [0.3, 0.4) is 0 Å². The largest absolute Gasteiger partial charge is 0.361 e. The first-order valence-electron chi connectivity index (χ1n) is 6.81. The molecule has 0 amide bonds. The lowest BCUT2D eigenvalue weighted by Gasteiger charge is -2.17. The van der Waals surface area contributed by atoms with Gasteiger partial charge in [-0.1, -0.05) is 31.5 Å². The summed E-state index contributed by atoms with van der Waals surface area (Å²) in [4.78, 5) is 9.91. The zero-order chi connectivity index (χ0) is 14.4. The van der Waals surface area contributed by atoms with Crippen molar-refractivity contribution in [2.24, 2.45) is 0 Å². The van der Waals surface area contributed by atoms with E-state index >= 15 is 0 Å². The highest BCUT2D eigenvalue weighted by atomic mass is 35.5. The maximum absolute atomic E-state index is 6.18. The number of nitrogens with zero attached hydrogens (tertiary/aromatic N) is 2. The molecule has 4 nitrogen and oxygen atoms in total. The molecule has 2 aromatic rings. The Kier molecular flexibility index (Phi) is 5.61. The Labute approximate surface area is 128 Å². The maximum atomic E-state index is 6.18. The van der Waals surface area contributed by atoms with Crippen molar-refractivity contribution in [1.82, 2.24) is 9.97 Å². The molecule has 108 valence electrons. The van der Waals surface area contributed by atoms with Crippen LogP contribution in [0.25, 0.3) is 0 Å². The van der Waals surface area contributed by atoms with Crippen LogP contribution in [0.4, 0.5) is 11.8 Å². The molecule has 0 aliphatic carbocycles. The zero-order valence-corrected chi connectivity index (χ0v) is 13.3. The predicted octanol–water partition coefficient (Wildman–Crippen LogP) is 4.58. The second-order valence-corrected chi connectivity index (χ2v) is 5.82. The summed E-state index contributed by atoms with van der Waals surface area (Å²) in [5.74, 6) is 1.29. The van der Waals surface area contributed by atoms with Gasteiger partial charge in [0.2, 0.25) is 5.95 Å². The van der Waals surface area contributed by atoms with Gasteiger partial charge in [-0.3, -0.25) is 0 Å². The van der Waals surface area contributed by atoms with Crippen LogP contribution in [-0.2, 0) is 0 Å². The molecule has 2 rings (SSSR count). The van der Waals surface area contributed by atoms with Gasteiger partial charge < -0.3 is 10.6 Å². The number of rotatable bonds is 7. The van der Waals surface area contributed by atoms with E-state index < -0.39 is 0 Å². The summed E-state index contributed by atoms with van der Waals surface area (Å²) in [5.41, 5.74) is 0. The van der Waals surface area contributed by atoms with E-state index in [1.807, 2.05) is 0 Å². The van der Waals surface area contributed by atoms with E-state index in [2.05, 4.69) is 52.0 Å². The van der Waals surface area contributed by atoms with Crippen LogP contribution in [0, 0.1) is 0 Å². The van der Waals surface area contributed by atoms with E-state index in [1.165, 1.54) is 4.88 Å². The summed E-state index contributed by atoms with van der Waals surface area (Å²) >= 11 is 7.92. The van der Waals surface area contributed by atoms with Gasteiger partial charge in [-0.25, -0.2) is 4.98 Å². The molecular weight excluding hydrogens is 292 g/mol. The summed E-state index contributed by atoms with van der Waals surface area (Å²) < 4.78 is 0. The fourth-order valence-electron chi connectivity index (χ4n) is 1.82. The Morgan fingerprint density at radius 2 is 2.25 bits per heavy atom. The highest BCUT2D eigenvalue weighted by Crippen LogP contribution is 2.28. The van der Waals surface area contributed by atoms with Crippen LogP contribution in [-0.4, -0.2) is 16.5 Å². The van der Waals surface area contributed by atoms with Gasteiger partial charge in [-0.05, 0) is 24.3 Å². The molecule has 1 unspecified atom stereocenters. The lowest BCUT2D eigenvalue weighted by Crippen LogP contribution is -2.12. The van der Waals surface area contributed by atoms with E-state index in [1.54, 1.807) is 17.5 Å². The molecule has 0 aliphatic rings. The second-order valence-electron chi connectivity index (χ2n) is 4.44. The molecule has 6 heteroatoms. The zero-order valence-electron chi connectivity index (χ0n) is 11.7. The molecule has 1 atom stereocenters. The van der Waals surface area contributed by atoms with Crippen LogP contribution in [0.1, 0.15) is 37.6 Å². The molecule has 0 saturated carbocycles. The fraction of sp³-hybridized carbons (Fsp3) is 0.429. The Morgan fingerprint density at radius 1 is 1.40 bits per heavy atom. The first-order chi connectivity index (χ1) is 9.74. The summed E-state index contributed by atoms with van der Waals surface area (Å²) in [5, 5.41) is 9.20. The third-order valence-electron chi connectivity index (χ3n) is 2.88. The number of aromatic nitrogens is 2. The van der Waals surface area contributed by atoms with Crippen molar-refractivity contribution in [1.29, 1.82) is 0 Å². The van der Waals surface area contributed by atoms with Crippen molar-refractivity contribution in [2.45, 2.75) is 32.7 Å². The molecule has 2 aromatic heterocycles. The number of hydrogen-bond donors (Lipinski definition) is 2. The molecule has 0 aliphatic heterocycles. The summed E-state index contributed by atoms with van der Waals surface area (Å²) in [7, 11) is 0. The van der Waals surface area contributed by atoms with Gasteiger partial charge in [0.25, 0.3) is 0 Å². The number of nitrogens with one attached hydrogen (secondary N) is 2. The third-order valence-corrected chi connectivity index (χ3v) is 4.15. The maximum Gasteiger partial charge on any atom is 0.224 e. The standard InChI is InChI=1S/C14H19ClN4S/c1-3-7-16-14-17-9-10(15)13(19-14)18-11(4-2)12-6-5-8-20-12/h5-6,8-9,11H,3-4,7H2,1-2H3,(H2,16,17,18,19). The highest BCUT2D eigenvalue weighted by molar-refractivity contribution is 7.10. The molecular formula is C14H19ClN4S. The van der Waals surface area contributed by atoms with Crippen LogP contribution in [0.15, 0.2) is 23.7 Å². The Morgan fingerprint density at radius 3 is 2.90 bits per heavy atom. The van der Waals surface area contributed by atoms with Crippen molar-refractivity contribution < 1.29 is 0 Å². The molecule has 2 N–H and O–H groups in total. The predicted molar refractivity (Wildman–Crippen MR) is 86.8 cm³/mol. The number of halogens is 1. The van der Waals surface area contributed by atoms with E-state index in [9.17, 15) is 0 Å². The highest BCUT2D eigenvalue weighted by Gasteiger charge is 2.13. The van der Waals surface area contributed by atoms with Gasteiger partial charge >= 0.3 is 0 Å². The third kappa shape index (κ3) is 3.84. The second kappa shape index (κ2) is 7.45. The Balaban J connectivity index is 2.14. The minimum Gasteiger partial charge on any atom is -0.361 e. The molecule has 0 spiro atoms. The van der Waals surface area contributed by atoms with Gasteiger partial charge in [-0.15, -0.1) is 11.3 Å². The smallest absolute Gasteiger partial charge is 0.224 e. The Bertz CT molecular complexity index is 530. The van der Waals surface area contributed by atoms with Crippen LogP contribution in [0.5, 0.6) is 0 Å². The molecule has 20 heavy (non-hydrogen) atoms. The lowest BCUT2D eigenvalue weighted by molar-refractivity contribution is 0.758. The monoisotopic (exact) mass is 310 g/mol. The van der Waals surface area contributed by atoms with Gasteiger partial charge in [0, 0.05) is 11.4 Å². The van der Waals surface area contributed by atoms with Gasteiger partial charge in [-0.2, -0.15) is 4.98 Å². The van der Waals surface area contributed by atoms with Crippen molar-refractivity contribution in [2.75, 3.05) is 17.2 Å². The topological polar surface area (TPSA) is 49.8 Å². The summed E-state index contributed by atoms with van der Waals surface area (Å²) in [6.07, 6.45) is 3.64. The van der Waals surface area contributed by atoms with Crippen LogP contribution in [0.2, 0.25) is 5.02 Å². The number of anilines is 2. The Hall–Kier alpha value is -1.33. The molecule has 0 fully saturated rings. The average Bonchev–Trinajstić information content (AvgIpc) is 2.99. The van der Waals surface area contributed by atoms with E-state index in [-0.39, 0.29) is 6.04 Å². The van der Waals surface area contributed by atoms with Gasteiger partial charge in [0.05, 0.1) is 12.2 Å². The van der Waals surface area contributed by atoms with Crippen LogP contribution < -0.4 is 10.6 Å². The molecule has 0 saturated heterocycles. The molecule has 0 aromatic carbocycles. The van der Waals surface area contributed by atoms with Crippen molar-refractivity contribution in [3.8, 4) is 0 Å². The quantitative estimate of drug-likeness (QED) is 0.786. The van der Waals surface area contributed by atoms with E-state index in [4.69, 9.17) is 11.6 Å². The van der Waals surface area contributed by atoms with Gasteiger partial charge in [0.15, 0.2) is 5.82 Å². The molecule has 0 bridgehead atoms. The molecule has 2 heterocycles. The van der Waals surface area contributed by atoms with Gasteiger partial charge in [0.1, 0.15) is 5.02 Å². The normalized spacial score (nSPS) is 12.2.